The molecule has 0 bridgehead atoms. The molecule has 2 aliphatic rings. The molecule has 7 nitrogen and oxygen atoms in total. The molecule has 2 aliphatic heterocycles. The molecule has 142 valence electrons. The van der Waals surface area contributed by atoms with Crippen molar-refractivity contribution in [1.82, 2.24) is 9.47 Å². The number of hydrogen-bond donors (Lipinski definition) is 2. The summed E-state index contributed by atoms with van der Waals surface area (Å²) in [5.41, 5.74) is 4.30. The van der Waals surface area contributed by atoms with Crippen molar-refractivity contribution in [2.75, 3.05) is 31.6 Å². The van der Waals surface area contributed by atoms with Gasteiger partial charge in [0.25, 0.3) is 0 Å². The first-order valence-electron chi connectivity index (χ1n) is 8.78. The molecular weight excluding hydrogens is 346 g/mol. The summed E-state index contributed by atoms with van der Waals surface area (Å²) < 4.78 is 2.41. The van der Waals surface area contributed by atoms with Gasteiger partial charge in [-0.25, -0.2) is 9.59 Å². The van der Waals surface area contributed by atoms with Gasteiger partial charge in [-0.2, -0.15) is 0 Å². The second-order valence-corrected chi connectivity index (χ2v) is 6.67. The number of para-hydroxylation sites is 1. The van der Waals surface area contributed by atoms with Crippen LogP contribution in [-0.4, -0.2) is 58.3 Å². The zero-order chi connectivity index (χ0) is 19.4. The number of nitrogens with zero attached hydrogens (tertiary/aromatic N) is 3. The molecule has 0 spiro atoms. The van der Waals surface area contributed by atoms with Crippen LogP contribution in [-0.2, 0) is 16.1 Å². The van der Waals surface area contributed by atoms with Crippen molar-refractivity contribution in [3.05, 3.63) is 66.0 Å². The van der Waals surface area contributed by atoms with Crippen molar-refractivity contribution in [3.63, 3.8) is 0 Å². The number of hydrogen-bond acceptors (Lipinski definition) is 4. The van der Waals surface area contributed by atoms with Crippen molar-refractivity contribution in [2.24, 2.45) is 0 Å². The number of anilines is 1. The Labute approximate surface area is 157 Å². The second kappa shape index (κ2) is 8.09. The molecule has 27 heavy (non-hydrogen) atoms. The van der Waals surface area contributed by atoms with Gasteiger partial charge in [-0.1, -0.05) is 18.2 Å². The molecule has 2 N–H and O–H groups in total. The van der Waals surface area contributed by atoms with Crippen LogP contribution in [0.25, 0.3) is 0 Å². The van der Waals surface area contributed by atoms with Crippen molar-refractivity contribution in [3.8, 4) is 0 Å². The average molecular weight is 369 g/mol. The van der Waals surface area contributed by atoms with Gasteiger partial charge in [0.15, 0.2) is 0 Å². The number of carbonyl (C=O) groups is 2. The molecule has 0 saturated carbocycles. The van der Waals surface area contributed by atoms with Gasteiger partial charge in [0.2, 0.25) is 0 Å². The molecule has 1 aromatic carbocycles. The Morgan fingerprint density at radius 3 is 2.44 bits per heavy atom. The van der Waals surface area contributed by atoms with Crippen molar-refractivity contribution in [1.29, 1.82) is 0 Å². The topological polar surface area (TPSA) is 86.0 Å². The van der Waals surface area contributed by atoms with Gasteiger partial charge in [0, 0.05) is 55.9 Å². The maximum atomic E-state index is 9.55. The zero-order valence-electron chi connectivity index (χ0n) is 15.2. The van der Waals surface area contributed by atoms with Crippen molar-refractivity contribution >= 4 is 17.6 Å². The van der Waals surface area contributed by atoms with E-state index in [9.17, 15) is 9.59 Å². The van der Waals surface area contributed by atoms with E-state index in [0.717, 1.165) is 26.2 Å². The standard InChI is InChI=1S/C16H19N3.C4H4O4/c1-17-9-10-19-14-6-3-2-5-13(14)11-18-8-4-7-15(18)16(19)12-17;5-3(6)1-2-4(7)8/h2-8,16H,9-12H2,1H3;1-2H,(H,5,6)(H,7,8)/b;2-1+. The highest BCUT2D eigenvalue weighted by atomic mass is 16.4. The number of carboxylic acid groups (broad SMARTS) is 2. The molecule has 0 aliphatic carbocycles. The quantitative estimate of drug-likeness (QED) is 0.788. The van der Waals surface area contributed by atoms with E-state index in [1.54, 1.807) is 0 Å². The Bertz CT molecular complexity index is 842. The molecule has 1 unspecified atom stereocenters. The van der Waals surface area contributed by atoms with E-state index in [0.29, 0.717) is 18.2 Å². The molecule has 1 atom stereocenters. The predicted octanol–water partition coefficient (Wildman–Crippen LogP) is 2.05. The number of fused-ring (bicyclic) bond motifs is 5. The smallest absolute Gasteiger partial charge is 0.328 e. The van der Waals surface area contributed by atoms with Crippen LogP contribution in [0.5, 0.6) is 0 Å². The molecule has 1 saturated heterocycles. The lowest BCUT2D eigenvalue weighted by Gasteiger charge is -2.41. The first-order valence-corrected chi connectivity index (χ1v) is 8.78. The van der Waals surface area contributed by atoms with Gasteiger partial charge in [0.1, 0.15) is 0 Å². The van der Waals surface area contributed by atoms with Gasteiger partial charge in [0.05, 0.1) is 6.04 Å². The fourth-order valence-electron chi connectivity index (χ4n) is 3.59. The lowest BCUT2D eigenvalue weighted by Crippen LogP contribution is -2.47. The number of likely N-dealkylation sites (N-methyl/N-ethyl adjacent to an activating group) is 1. The van der Waals surface area contributed by atoms with Crippen LogP contribution in [0.4, 0.5) is 5.69 Å². The highest BCUT2D eigenvalue weighted by Gasteiger charge is 2.31. The van der Waals surface area contributed by atoms with Crippen molar-refractivity contribution in [2.45, 2.75) is 12.6 Å². The summed E-state index contributed by atoms with van der Waals surface area (Å²) in [4.78, 5) is 24.1. The molecule has 3 heterocycles. The van der Waals surface area contributed by atoms with Crippen LogP contribution in [0.1, 0.15) is 17.3 Å². The van der Waals surface area contributed by atoms with Gasteiger partial charge in [-0.3, -0.25) is 0 Å². The maximum Gasteiger partial charge on any atom is 0.328 e. The Morgan fingerprint density at radius 1 is 1.04 bits per heavy atom. The normalized spacial score (nSPS) is 18.6. The highest BCUT2D eigenvalue weighted by molar-refractivity contribution is 5.89. The van der Waals surface area contributed by atoms with E-state index >= 15 is 0 Å². The first kappa shape index (κ1) is 18.7. The van der Waals surface area contributed by atoms with Crippen LogP contribution < -0.4 is 4.90 Å². The molecular formula is C20H23N3O4. The second-order valence-electron chi connectivity index (χ2n) is 6.67. The number of benzene rings is 1. The summed E-state index contributed by atoms with van der Waals surface area (Å²) in [6.07, 6.45) is 3.33. The summed E-state index contributed by atoms with van der Waals surface area (Å²) in [5.74, 6) is -2.51. The van der Waals surface area contributed by atoms with E-state index in [4.69, 9.17) is 10.2 Å². The molecule has 7 heteroatoms. The number of aromatic nitrogens is 1. The molecule has 0 radical (unpaired) electrons. The third-order valence-electron chi connectivity index (χ3n) is 4.80. The highest BCUT2D eigenvalue weighted by Crippen LogP contribution is 2.36. The minimum absolute atomic E-state index is 0.484. The third kappa shape index (κ3) is 4.38. The van der Waals surface area contributed by atoms with E-state index in [1.165, 1.54) is 16.9 Å². The van der Waals surface area contributed by atoms with Crippen molar-refractivity contribution < 1.29 is 19.8 Å². The average Bonchev–Trinajstić information content (AvgIpc) is 3.04. The van der Waals surface area contributed by atoms with Gasteiger partial charge in [-0.05, 0) is 30.8 Å². The Hall–Kier alpha value is -3.06. The van der Waals surface area contributed by atoms with E-state index in [-0.39, 0.29) is 0 Å². The predicted molar refractivity (Wildman–Crippen MR) is 102 cm³/mol. The number of rotatable bonds is 2. The van der Waals surface area contributed by atoms with Gasteiger partial charge < -0.3 is 24.6 Å². The fraction of sp³-hybridized carbons (Fsp3) is 0.300. The summed E-state index contributed by atoms with van der Waals surface area (Å²) >= 11 is 0. The van der Waals surface area contributed by atoms with E-state index in [2.05, 4.69) is 64.0 Å². The minimum atomic E-state index is -1.26. The van der Waals surface area contributed by atoms with Crippen LogP contribution in [0.3, 0.4) is 0 Å². The van der Waals surface area contributed by atoms with Crippen LogP contribution in [0, 0.1) is 0 Å². The lowest BCUT2D eigenvalue weighted by molar-refractivity contribution is -0.134. The zero-order valence-corrected chi connectivity index (χ0v) is 15.2. The summed E-state index contributed by atoms with van der Waals surface area (Å²) in [6, 6.07) is 13.8. The van der Waals surface area contributed by atoms with Gasteiger partial charge >= 0.3 is 11.9 Å². The number of aliphatic carboxylic acids is 2. The van der Waals surface area contributed by atoms with Gasteiger partial charge in [-0.15, -0.1) is 0 Å². The van der Waals surface area contributed by atoms with Crippen LogP contribution in [0.15, 0.2) is 54.7 Å². The Kier molecular flexibility index (Phi) is 5.61. The fourth-order valence-corrected chi connectivity index (χ4v) is 3.59. The van der Waals surface area contributed by atoms with Crippen LogP contribution in [0.2, 0.25) is 0 Å². The molecule has 2 aromatic rings. The molecule has 4 rings (SSSR count). The molecule has 1 fully saturated rings. The first-order chi connectivity index (χ1) is 13.0. The summed E-state index contributed by atoms with van der Waals surface area (Å²) in [6.45, 7) is 4.36. The Balaban J connectivity index is 0.000000226. The van der Waals surface area contributed by atoms with Crippen LogP contribution >= 0.6 is 0 Å². The van der Waals surface area contributed by atoms with E-state index in [1.807, 2.05) is 0 Å². The summed E-state index contributed by atoms with van der Waals surface area (Å²) in [7, 11) is 2.22. The Morgan fingerprint density at radius 2 is 1.74 bits per heavy atom. The number of piperazine rings is 1. The lowest BCUT2D eigenvalue weighted by atomic mass is 10.1. The molecule has 1 aromatic heterocycles. The monoisotopic (exact) mass is 369 g/mol. The maximum absolute atomic E-state index is 9.55. The SMILES string of the molecule is CN1CCN2c3ccccc3Cn3cccc3C2C1.O=C(O)/C=C/C(=O)O. The largest absolute Gasteiger partial charge is 0.478 e. The summed E-state index contributed by atoms with van der Waals surface area (Å²) in [5, 5.41) is 15.6. The third-order valence-corrected chi connectivity index (χ3v) is 4.80. The minimum Gasteiger partial charge on any atom is -0.478 e. The number of carboxylic acids is 2. The molecule has 0 amide bonds. The van der Waals surface area contributed by atoms with E-state index < -0.39 is 11.9 Å².